The number of pyridine rings is 1. The van der Waals surface area contributed by atoms with Gasteiger partial charge in [0.2, 0.25) is 0 Å². The van der Waals surface area contributed by atoms with Gasteiger partial charge in [0.15, 0.2) is 18.6 Å². The number of aromatic amines is 1. The maximum Gasteiger partial charge on any atom is 0.344 e. The van der Waals surface area contributed by atoms with Crippen molar-refractivity contribution >= 4 is 5.97 Å². The average molecular weight is 471 g/mol. The number of hydrogen-bond donors (Lipinski definition) is 1. The van der Waals surface area contributed by atoms with Crippen molar-refractivity contribution in [1.29, 1.82) is 0 Å². The average Bonchev–Trinajstić information content (AvgIpc) is 3.04. The number of nitrogens with zero attached hydrogens (tertiary/aromatic N) is 2. The third-order valence-corrected chi connectivity index (χ3v) is 3.78. The number of H-pyrrole nitrogens is 1. The van der Waals surface area contributed by atoms with Crippen molar-refractivity contribution in [2.24, 2.45) is 7.05 Å². The fourth-order valence-electron chi connectivity index (χ4n) is 2.47. The van der Waals surface area contributed by atoms with Crippen LogP contribution in [0.1, 0.15) is 22.1 Å². The van der Waals surface area contributed by atoms with Crippen LogP contribution in [-0.4, -0.2) is 28.2 Å². The lowest BCUT2D eigenvalue weighted by Crippen LogP contribution is -3.00. The summed E-state index contributed by atoms with van der Waals surface area (Å²) >= 11 is 0. The lowest BCUT2D eigenvalue weighted by Gasteiger charge is -2.16. The molecule has 0 spiro atoms. The molecule has 0 bridgehead atoms. The molecule has 3 heterocycles. The predicted molar refractivity (Wildman–Crippen MR) is 87.0 cm³/mol. The van der Waals surface area contributed by atoms with Crippen molar-refractivity contribution < 1.29 is 42.8 Å². The van der Waals surface area contributed by atoms with Gasteiger partial charge in [-0.2, -0.15) is 0 Å². The van der Waals surface area contributed by atoms with Crippen LogP contribution in [-0.2, 0) is 16.5 Å². The molecule has 1 aliphatic rings. The molecular formula is C17H18IN3O5. The third-order valence-electron chi connectivity index (χ3n) is 3.78. The van der Waals surface area contributed by atoms with E-state index in [0.717, 1.165) is 0 Å². The summed E-state index contributed by atoms with van der Waals surface area (Å²) in [5.41, 5.74) is -0.135. The molecule has 0 aliphatic carbocycles. The second kappa shape index (κ2) is 8.41. The van der Waals surface area contributed by atoms with Crippen LogP contribution in [0.15, 0.2) is 52.5 Å². The minimum Gasteiger partial charge on any atom is -1.00 e. The zero-order valence-electron chi connectivity index (χ0n) is 14.2. The Hall–Kier alpha value is -2.27. The van der Waals surface area contributed by atoms with E-state index in [-0.39, 0.29) is 30.6 Å². The smallest absolute Gasteiger partial charge is 0.344 e. The quantitative estimate of drug-likeness (QED) is 0.222. The van der Waals surface area contributed by atoms with Crippen molar-refractivity contribution in [3.8, 4) is 0 Å². The highest BCUT2D eigenvalue weighted by Crippen LogP contribution is 2.20. The Morgan fingerprint density at radius 2 is 2.15 bits per heavy atom. The summed E-state index contributed by atoms with van der Waals surface area (Å²) < 4.78 is 14.0. The number of esters is 1. The van der Waals surface area contributed by atoms with Crippen molar-refractivity contribution in [1.82, 2.24) is 9.55 Å². The lowest BCUT2D eigenvalue weighted by molar-refractivity contribution is -0.671. The van der Waals surface area contributed by atoms with E-state index in [4.69, 9.17) is 9.47 Å². The largest absolute Gasteiger partial charge is 1.00 e. The Bertz CT molecular complexity index is 950. The van der Waals surface area contributed by atoms with Gasteiger partial charge in [-0.05, 0) is 19.1 Å². The first-order valence-electron chi connectivity index (χ1n) is 7.72. The highest BCUT2D eigenvalue weighted by atomic mass is 127. The summed E-state index contributed by atoms with van der Waals surface area (Å²) in [7, 11) is 1.81. The predicted octanol–water partition coefficient (Wildman–Crippen LogP) is -3.02. The Morgan fingerprint density at radius 1 is 1.38 bits per heavy atom. The molecule has 8 nitrogen and oxygen atoms in total. The molecule has 138 valence electrons. The van der Waals surface area contributed by atoms with E-state index in [2.05, 4.69) is 4.98 Å². The fraction of sp³-hybridized carbons (Fsp3) is 0.294. The Balaban J connectivity index is 0.00000243. The molecule has 2 unspecified atom stereocenters. The van der Waals surface area contributed by atoms with Crippen LogP contribution >= 0.6 is 0 Å². The van der Waals surface area contributed by atoms with Crippen LogP contribution in [0.2, 0.25) is 0 Å². The zero-order valence-corrected chi connectivity index (χ0v) is 16.4. The van der Waals surface area contributed by atoms with E-state index >= 15 is 0 Å². The van der Waals surface area contributed by atoms with Crippen LogP contribution < -0.4 is 39.8 Å². The molecule has 2 aromatic heterocycles. The van der Waals surface area contributed by atoms with Crippen LogP contribution in [0, 0.1) is 6.92 Å². The summed E-state index contributed by atoms with van der Waals surface area (Å²) in [4.78, 5) is 37.6. The van der Waals surface area contributed by atoms with E-state index in [1.165, 1.54) is 10.8 Å². The highest BCUT2D eigenvalue weighted by Gasteiger charge is 2.23. The van der Waals surface area contributed by atoms with Crippen molar-refractivity contribution in [3.63, 3.8) is 0 Å². The standard InChI is InChI=1S/C17H17N3O5.HI/c1-11-8-20(17(23)18-15(11)21)14-6-5-13(25-14)10-24-16(22)12-4-3-7-19(2)9-12;/h3-9,13-14H,10H2,1-2H3;1H. The number of halogens is 1. The van der Waals surface area contributed by atoms with Gasteiger partial charge in [-0.25, -0.2) is 14.2 Å². The maximum absolute atomic E-state index is 12.0. The number of carbonyl (C=O) groups is 1. The van der Waals surface area contributed by atoms with Crippen LogP contribution in [0.25, 0.3) is 0 Å². The second-order valence-electron chi connectivity index (χ2n) is 5.79. The van der Waals surface area contributed by atoms with Gasteiger partial charge in [-0.1, -0.05) is 6.08 Å². The zero-order chi connectivity index (χ0) is 18.0. The Kier molecular flexibility index (Phi) is 6.48. The molecule has 3 rings (SSSR count). The number of hydrogen-bond acceptors (Lipinski definition) is 5. The van der Waals surface area contributed by atoms with Gasteiger partial charge in [0.25, 0.3) is 5.56 Å². The van der Waals surface area contributed by atoms with Crippen LogP contribution in [0.5, 0.6) is 0 Å². The molecule has 1 aliphatic heterocycles. The number of ether oxygens (including phenoxy) is 2. The molecule has 0 saturated heterocycles. The minimum absolute atomic E-state index is 0. The molecule has 0 radical (unpaired) electrons. The molecular weight excluding hydrogens is 453 g/mol. The molecule has 2 atom stereocenters. The first-order valence-corrected chi connectivity index (χ1v) is 7.72. The fourth-order valence-corrected chi connectivity index (χ4v) is 2.47. The van der Waals surface area contributed by atoms with Gasteiger partial charge in [0.1, 0.15) is 25.3 Å². The van der Waals surface area contributed by atoms with E-state index in [1.807, 2.05) is 13.2 Å². The Labute approximate surface area is 166 Å². The number of aryl methyl sites for hydroxylation is 2. The topological polar surface area (TPSA) is 94.3 Å². The number of nitrogens with one attached hydrogen (secondary N) is 1. The molecule has 0 amide bonds. The first kappa shape index (κ1) is 20.0. The Morgan fingerprint density at radius 3 is 2.88 bits per heavy atom. The SMILES string of the molecule is Cc1cn(C2C=CC(COC(=O)c3ccc[n+](C)c3)O2)c(=O)[nH]c1=O.[I-]. The molecule has 2 aromatic rings. The van der Waals surface area contributed by atoms with Gasteiger partial charge in [0, 0.05) is 17.8 Å². The summed E-state index contributed by atoms with van der Waals surface area (Å²) in [6.45, 7) is 1.63. The summed E-state index contributed by atoms with van der Waals surface area (Å²) in [6, 6.07) is 3.42. The minimum atomic E-state index is -0.652. The van der Waals surface area contributed by atoms with Gasteiger partial charge in [-0.3, -0.25) is 14.3 Å². The monoisotopic (exact) mass is 471 g/mol. The van der Waals surface area contributed by atoms with E-state index in [0.29, 0.717) is 11.1 Å². The van der Waals surface area contributed by atoms with Gasteiger partial charge in [-0.15, -0.1) is 0 Å². The lowest BCUT2D eigenvalue weighted by atomic mass is 10.3. The highest BCUT2D eigenvalue weighted by molar-refractivity contribution is 5.88. The summed E-state index contributed by atoms with van der Waals surface area (Å²) in [6.07, 6.45) is 7.20. The summed E-state index contributed by atoms with van der Waals surface area (Å²) in [5, 5.41) is 0. The number of rotatable bonds is 4. The number of aromatic nitrogens is 3. The van der Waals surface area contributed by atoms with Crippen molar-refractivity contribution in [3.05, 3.63) is 74.8 Å². The molecule has 0 saturated carbocycles. The van der Waals surface area contributed by atoms with Crippen molar-refractivity contribution in [2.75, 3.05) is 6.61 Å². The molecule has 26 heavy (non-hydrogen) atoms. The molecule has 0 fully saturated rings. The van der Waals surface area contributed by atoms with Crippen molar-refractivity contribution in [2.45, 2.75) is 19.3 Å². The third kappa shape index (κ3) is 4.47. The second-order valence-corrected chi connectivity index (χ2v) is 5.79. The normalized spacial score (nSPS) is 18.4. The van der Waals surface area contributed by atoms with Crippen LogP contribution in [0.4, 0.5) is 0 Å². The summed E-state index contributed by atoms with van der Waals surface area (Å²) in [5.74, 6) is -0.450. The number of carbonyl (C=O) groups excluding carboxylic acids is 1. The molecule has 0 aromatic carbocycles. The molecule has 9 heteroatoms. The van der Waals surface area contributed by atoms with E-state index in [9.17, 15) is 14.4 Å². The van der Waals surface area contributed by atoms with Gasteiger partial charge in [0.05, 0.1) is 0 Å². The van der Waals surface area contributed by atoms with Gasteiger partial charge >= 0.3 is 11.7 Å². The molecule has 1 N–H and O–H groups in total. The van der Waals surface area contributed by atoms with E-state index < -0.39 is 29.6 Å². The van der Waals surface area contributed by atoms with Crippen LogP contribution in [0.3, 0.4) is 0 Å². The maximum atomic E-state index is 12.0. The van der Waals surface area contributed by atoms with Gasteiger partial charge < -0.3 is 33.5 Å². The van der Waals surface area contributed by atoms with E-state index in [1.54, 1.807) is 42.0 Å². The first-order chi connectivity index (χ1) is 11.9.